The van der Waals surface area contributed by atoms with E-state index in [4.69, 9.17) is 19.9 Å². The molecule has 0 fully saturated rings. The van der Waals surface area contributed by atoms with Crippen LogP contribution in [0.15, 0.2) is 64.5 Å². The third-order valence-electron chi connectivity index (χ3n) is 4.81. The van der Waals surface area contributed by atoms with Gasteiger partial charge in [0.1, 0.15) is 17.5 Å². The minimum absolute atomic E-state index is 0.0557. The van der Waals surface area contributed by atoms with Crippen molar-refractivity contribution in [3.63, 3.8) is 0 Å². The molecular formula is C23H30N6O6S. The van der Waals surface area contributed by atoms with Gasteiger partial charge in [0.25, 0.3) is 5.91 Å². The number of rotatable bonds is 14. The van der Waals surface area contributed by atoms with Gasteiger partial charge >= 0.3 is 0 Å². The Kier molecular flexibility index (Phi) is 12.1. The molecule has 2 aromatic carbocycles. The van der Waals surface area contributed by atoms with Crippen LogP contribution < -0.4 is 25.6 Å². The monoisotopic (exact) mass is 518 g/mol. The maximum absolute atomic E-state index is 12.8. The van der Waals surface area contributed by atoms with Crippen molar-refractivity contribution in [2.75, 3.05) is 26.8 Å². The zero-order chi connectivity index (χ0) is 26.2. The normalized spacial score (nSPS) is 12.3. The van der Waals surface area contributed by atoms with Crippen LogP contribution >= 0.6 is 0 Å². The summed E-state index contributed by atoms with van der Waals surface area (Å²) >= 11 is 0. The Labute approximate surface area is 210 Å². The van der Waals surface area contributed by atoms with Crippen molar-refractivity contribution in [3.05, 3.63) is 54.6 Å². The average Bonchev–Trinajstić information content (AvgIpc) is 2.88. The van der Waals surface area contributed by atoms with E-state index < -0.39 is 22.0 Å². The predicted octanol–water partition coefficient (Wildman–Crippen LogP) is 1.46. The fraction of sp³-hybridized carbons (Fsp3) is 0.348. The number of hydrogen-bond acceptors (Lipinski definition) is 8. The summed E-state index contributed by atoms with van der Waals surface area (Å²) < 4.78 is 38.6. The largest absolute Gasteiger partial charge is 0.457 e. The van der Waals surface area contributed by atoms with E-state index in [0.717, 1.165) is 0 Å². The topological polar surface area (TPSA) is 174 Å². The number of ether oxygens (including phenoxy) is 2. The maximum atomic E-state index is 12.8. The Morgan fingerprint density at radius 3 is 2.36 bits per heavy atom. The maximum Gasteiger partial charge on any atom is 0.261 e. The number of carbonyl (C=O) groups is 1. The first-order chi connectivity index (χ1) is 17.4. The van der Waals surface area contributed by atoms with Crippen LogP contribution in [0.25, 0.3) is 0 Å². The third-order valence-corrected chi connectivity index (χ3v) is 6.30. The molecule has 0 radical (unpaired) electrons. The zero-order valence-corrected chi connectivity index (χ0v) is 20.6. The lowest BCUT2D eigenvalue weighted by Crippen LogP contribution is -2.45. The summed E-state index contributed by atoms with van der Waals surface area (Å²) in [4.78, 5) is 15.7. The minimum atomic E-state index is -4.05. The second kappa shape index (κ2) is 15.3. The number of nitrogens with zero attached hydrogens (tertiary/aromatic N) is 2. The molecule has 0 heterocycles. The second-order valence-corrected chi connectivity index (χ2v) is 9.15. The van der Waals surface area contributed by atoms with Crippen molar-refractivity contribution in [3.8, 4) is 17.7 Å². The Hall–Kier alpha value is -3.70. The van der Waals surface area contributed by atoms with E-state index in [1.54, 1.807) is 25.4 Å². The molecule has 0 bridgehead atoms. The van der Waals surface area contributed by atoms with Crippen molar-refractivity contribution in [1.29, 1.82) is 5.26 Å². The molecule has 36 heavy (non-hydrogen) atoms. The van der Waals surface area contributed by atoms with Crippen molar-refractivity contribution in [1.82, 2.24) is 20.8 Å². The Morgan fingerprint density at radius 1 is 1.06 bits per heavy atom. The quantitative estimate of drug-likeness (QED) is 0.0619. The summed E-state index contributed by atoms with van der Waals surface area (Å²) in [6.45, 7) is 1.32. The lowest BCUT2D eigenvalue weighted by molar-refractivity contribution is -0.131. The van der Waals surface area contributed by atoms with Gasteiger partial charge in [-0.3, -0.25) is 10.0 Å². The highest BCUT2D eigenvalue weighted by Crippen LogP contribution is 2.22. The molecule has 0 spiro atoms. The molecule has 5 N–H and O–H groups in total. The number of nitrogens with one attached hydrogen (secondary N) is 4. The summed E-state index contributed by atoms with van der Waals surface area (Å²) in [5.41, 5.74) is 1.50. The van der Waals surface area contributed by atoms with Gasteiger partial charge in [0, 0.05) is 20.2 Å². The van der Waals surface area contributed by atoms with Crippen LogP contribution in [0.1, 0.15) is 19.3 Å². The first-order valence-electron chi connectivity index (χ1n) is 11.1. The van der Waals surface area contributed by atoms with E-state index in [9.17, 15) is 13.2 Å². The number of unbranched alkanes of at least 4 members (excludes halogenated alkanes) is 1. The minimum Gasteiger partial charge on any atom is -0.457 e. The van der Waals surface area contributed by atoms with E-state index >= 15 is 0 Å². The van der Waals surface area contributed by atoms with Gasteiger partial charge in [-0.2, -0.15) is 9.98 Å². The lowest BCUT2D eigenvalue weighted by atomic mass is 10.1. The first-order valence-corrected chi connectivity index (χ1v) is 12.6. The van der Waals surface area contributed by atoms with E-state index in [1.165, 1.54) is 29.7 Å². The second-order valence-electron chi connectivity index (χ2n) is 7.44. The predicted molar refractivity (Wildman–Crippen MR) is 132 cm³/mol. The molecule has 1 atom stereocenters. The first kappa shape index (κ1) is 28.5. The van der Waals surface area contributed by atoms with Gasteiger partial charge in [-0.25, -0.2) is 13.9 Å². The Bertz CT molecular complexity index is 1120. The van der Waals surface area contributed by atoms with E-state index in [1.807, 2.05) is 18.2 Å². The van der Waals surface area contributed by atoms with Crippen LogP contribution in [0.3, 0.4) is 0 Å². The molecule has 13 heteroatoms. The van der Waals surface area contributed by atoms with Gasteiger partial charge in [-0.15, -0.1) is 4.99 Å². The van der Waals surface area contributed by atoms with Crippen molar-refractivity contribution < 1.29 is 27.9 Å². The molecule has 0 aliphatic heterocycles. The number of hydroxylamine groups is 1. The highest BCUT2D eigenvalue weighted by atomic mass is 32.2. The van der Waals surface area contributed by atoms with Crippen molar-refractivity contribution >= 4 is 21.9 Å². The third kappa shape index (κ3) is 9.88. The van der Waals surface area contributed by atoms with Gasteiger partial charge in [0.15, 0.2) is 0 Å². The van der Waals surface area contributed by atoms with Crippen LogP contribution in [0.4, 0.5) is 0 Å². The molecule has 2 rings (SSSR count). The summed E-state index contributed by atoms with van der Waals surface area (Å²) in [6.07, 6.45) is 2.80. The van der Waals surface area contributed by atoms with Crippen LogP contribution in [0.5, 0.6) is 11.5 Å². The molecule has 0 saturated heterocycles. The van der Waals surface area contributed by atoms with Crippen LogP contribution in [0.2, 0.25) is 0 Å². The molecule has 1 amide bonds. The van der Waals surface area contributed by atoms with Crippen LogP contribution in [-0.4, -0.2) is 58.3 Å². The van der Waals surface area contributed by atoms with Crippen LogP contribution in [-0.2, 0) is 19.6 Å². The summed E-state index contributed by atoms with van der Waals surface area (Å²) in [7, 11) is -2.50. The number of nitriles is 1. The van der Waals surface area contributed by atoms with Gasteiger partial charge in [-0.05, 0) is 55.7 Å². The standard InChI is InChI=1S/C23H30N6O6S/c1-34-16-15-26-23(27-17-24)25-14-6-5-9-21(22(30)28-31)29-36(32,33)20-12-10-19(11-13-20)35-18-7-3-2-4-8-18/h2-4,7-8,10-13,21,29,31H,5-6,9,14-16H2,1H3,(H,28,30)(H2,25,26,27)/t21-/m1/s1. The average molecular weight is 519 g/mol. The lowest BCUT2D eigenvalue weighted by Gasteiger charge is -2.17. The number of amides is 1. The number of methoxy groups -OCH3 is 1. The molecular weight excluding hydrogens is 488 g/mol. The summed E-state index contributed by atoms with van der Waals surface area (Å²) in [6, 6.07) is 13.6. The van der Waals surface area contributed by atoms with Crippen molar-refractivity contribution in [2.45, 2.75) is 30.2 Å². The van der Waals surface area contributed by atoms with Gasteiger partial charge in [-0.1, -0.05) is 18.2 Å². The number of hydrogen-bond donors (Lipinski definition) is 5. The Morgan fingerprint density at radius 2 is 1.72 bits per heavy atom. The van der Waals surface area contributed by atoms with Crippen LogP contribution in [0, 0.1) is 11.5 Å². The number of carbonyl (C=O) groups excluding carboxylic acids is 1. The number of aliphatic imine (C=N–C) groups is 1. The fourth-order valence-electron chi connectivity index (χ4n) is 3.03. The highest BCUT2D eigenvalue weighted by Gasteiger charge is 2.25. The molecule has 0 aromatic heterocycles. The molecule has 0 saturated carbocycles. The SMILES string of the molecule is COCCN/C(=N\C#N)NCCCC[C@@H](NS(=O)(=O)c1ccc(Oc2ccccc2)cc1)C(=O)NO. The Balaban J connectivity index is 1.90. The molecule has 0 unspecified atom stereocenters. The van der Waals surface area contributed by atoms with E-state index in [2.05, 4.69) is 20.3 Å². The zero-order valence-electron chi connectivity index (χ0n) is 19.8. The van der Waals surface area contributed by atoms with Gasteiger partial charge in [0.2, 0.25) is 22.2 Å². The molecule has 0 aliphatic carbocycles. The van der Waals surface area contributed by atoms with E-state index in [0.29, 0.717) is 50.0 Å². The van der Waals surface area contributed by atoms with Gasteiger partial charge < -0.3 is 20.1 Å². The summed E-state index contributed by atoms with van der Waals surface area (Å²) in [5.74, 6) is 0.480. The van der Waals surface area contributed by atoms with E-state index in [-0.39, 0.29) is 11.3 Å². The van der Waals surface area contributed by atoms with Crippen molar-refractivity contribution in [2.24, 2.45) is 4.99 Å². The molecule has 0 aliphatic rings. The molecule has 2 aromatic rings. The fourth-order valence-corrected chi connectivity index (χ4v) is 4.26. The number of guanidine groups is 1. The number of benzene rings is 2. The van der Waals surface area contributed by atoms with Gasteiger partial charge in [0.05, 0.1) is 11.5 Å². The molecule has 12 nitrogen and oxygen atoms in total. The summed E-state index contributed by atoms with van der Waals surface area (Å²) in [5, 5.41) is 23.7. The molecule has 194 valence electrons. The smallest absolute Gasteiger partial charge is 0.261 e. The highest BCUT2D eigenvalue weighted by molar-refractivity contribution is 7.89. The number of sulfonamides is 1. The number of para-hydroxylation sites is 1.